The van der Waals surface area contributed by atoms with Crippen molar-refractivity contribution in [1.82, 2.24) is 0 Å². The average Bonchev–Trinajstić information content (AvgIpc) is 2.69. The molecule has 0 heterocycles. The third-order valence-electron chi connectivity index (χ3n) is 4.81. The van der Waals surface area contributed by atoms with Crippen molar-refractivity contribution in [2.75, 3.05) is 57.0 Å². The van der Waals surface area contributed by atoms with E-state index in [1.165, 1.54) is 27.6 Å². The molecule has 3 rings (SSSR count). The van der Waals surface area contributed by atoms with Crippen LogP contribution >= 0.6 is 0 Å². The van der Waals surface area contributed by atoms with E-state index < -0.39 is 20.2 Å². The standard InChI is InChI=1S/3C8H10N.Sb/c3*1-9(2)8-6-4-3-5-7-8;/h3*3-6H,1-2H3;. The van der Waals surface area contributed by atoms with E-state index in [1.807, 2.05) is 0 Å². The Balaban J connectivity index is 2.35. The molecule has 3 nitrogen and oxygen atoms in total. The van der Waals surface area contributed by atoms with Crippen LogP contribution in [0.1, 0.15) is 0 Å². The fourth-order valence-electron chi connectivity index (χ4n) is 3.48. The van der Waals surface area contributed by atoms with Gasteiger partial charge in [0.05, 0.1) is 0 Å². The molecule has 0 saturated carbocycles. The Hall–Kier alpha value is -2.12. The van der Waals surface area contributed by atoms with Gasteiger partial charge in [0.2, 0.25) is 0 Å². The Morgan fingerprint density at radius 1 is 0.429 bits per heavy atom. The zero-order valence-electron chi connectivity index (χ0n) is 17.7. The summed E-state index contributed by atoms with van der Waals surface area (Å²) in [5.74, 6) is 0. The van der Waals surface area contributed by atoms with Crippen LogP contribution in [0.2, 0.25) is 0 Å². The first-order valence-corrected chi connectivity index (χ1v) is 13.3. The summed E-state index contributed by atoms with van der Waals surface area (Å²) < 4.78 is 4.50. The van der Waals surface area contributed by atoms with Gasteiger partial charge in [0.15, 0.2) is 0 Å². The van der Waals surface area contributed by atoms with Gasteiger partial charge in [0, 0.05) is 0 Å². The number of anilines is 3. The summed E-state index contributed by atoms with van der Waals surface area (Å²) in [5.41, 5.74) is 3.98. The third kappa shape index (κ3) is 4.15. The van der Waals surface area contributed by atoms with Gasteiger partial charge in [0.1, 0.15) is 0 Å². The summed E-state index contributed by atoms with van der Waals surface area (Å²) >= 11 is -2.31. The second-order valence-corrected chi connectivity index (χ2v) is 13.5. The second-order valence-electron chi connectivity index (χ2n) is 7.48. The topological polar surface area (TPSA) is 9.72 Å². The van der Waals surface area contributed by atoms with Crippen LogP contribution in [0.4, 0.5) is 17.1 Å². The van der Waals surface area contributed by atoms with Crippen molar-refractivity contribution in [1.29, 1.82) is 0 Å². The molecule has 0 N–H and O–H groups in total. The van der Waals surface area contributed by atoms with Crippen molar-refractivity contribution < 1.29 is 0 Å². The molecule has 4 heteroatoms. The van der Waals surface area contributed by atoms with Crippen molar-refractivity contribution in [2.24, 2.45) is 0 Å². The van der Waals surface area contributed by atoms with Crippen molar-refractivity contribution in [3.8, 4) is 0 Å². The SMILES string of the molecule is CN(C)c1cccc[c]1[Sb]([c]1ccccc1N(C)C)[c]1ccccc1N(C)C. The molecule has 0 saturated heterocycles. The predicted molar refractivity (Wildman–Crippen MR) is 127 cm³/mol. The Bertz CT molecular complexity index is 812. The van der Waals surface area contributed by atoms with E-state index in [1.54, 1.807) is 0 Å². The van der Waals surface area contributed by atoms with Gasteiger partial charge in [-0.3, -0.25) is 0 Å². The summed E-state index contributed by atoms with van der Waals surface area (Å²) in [6.07, 6.45) is 0. The Kier molecular flexibility index (Phi) is 6.56. The van der Waals surface area contributed by atoms with E-state index in [0.717, 1.165) is 0 Å². The molecule has 0 unspecified atom stereocenters. The molecule has 3 aromatic rings. The number of rotatable bonds is 6. The van der Waals surface area contributed by atoms with Crippen LogP contribution in [-0.4, -0.2) is 62.5 Å². The van der Waals surface area contributed by atoms with Crippen molar-refractivity contribution in [2.45, 2.75) is 0 Å². The van der Waals surface area contributed by atoms with Crippen LogP contribution in [0.3, 0.4) is 0 Å². The van der Waals surface area contributed by atoms with E-state index in [9.17, 15) is 0 Å². The van der Waals surface area contributed by atoms with E-state index >= 15 is 0 Å². The zero-order chi connectivity index (χ0) is 20.3. The minimum atomic E-state index is -2.31. The van der Waals surface area contributed by atoms with E-state index in [2.05, 4.69) is 130 Å². The summed E-state index contributed by atoms with van der Waals surface area (Å²) in [5, 5.41) is 0. The zero-order valence-corrected chi connectivity index (χ0v) is 20.3. The van der Waals surface area contributed by atoms with Gasteiger partial charge in [-0.2, -0.15) is 0 Å². The molecule has 0 fully saturated rings. The Morgan fingerprint density at radius 3 is 0.929 bits per heavy atom. The molecule has 0 radical (unpaired) electrons. The van der Waals surface area contributed by atoms with Crippen LogP contribution in [0, 0.1) is 0 Å². The molecular weight excluding hydrogens is 452 g/mol. The first-order chi connectivity index (χ1) is 13.4. The molecule has 0 aliphatic heterocycles. The minimum absolute atomic E-state index is 1.33. The number of para-hydroxylation sites is 3. The molecular formula is C24H30N3Sb. The fourth-order valence-corrected chi connectivity index (χ4v) is 12.0. The molecule has 0 aliphatic rings. The van der Waals surface area contributed by atoms with Gasteiger partial charge in [-0.1, -0.05) is 0 Å². The van der Waals surface area contributed by atoms with Crippen LogP contribution in [0.5, 0.6) is 0 Å². The van der Waals surface area contributed by atoms with Gasteiger partial charge in [-0.15, -0.1) is 0 Å². The number of benzene rings is 3. The van der Waals surface area contributed by atoms with Crippen LogP contribution in [0.15, 0.2) is 72.8 Å². The Labute approximate surface area is 177 Å². The average molecular weight is 482 g/mol. The second kappa shape index (κ2) is 8.92. The van der Waals surface area contributed by atoms with Crippen molar-refractivity contribution in [3.63, 3.8) is 0 Å². The monoisotopic (exact) mass is 481 g/mol. The molecule has 3 aromatic carbocycles. The quantitative estimate of drug-likeness (QED) is 0.500. The van der Waals surface area contributed by atoms with E-state index in [-0.39, 0.29) is 0 Å². The normalized spacial score (nSPS) is 10.8. The fraction of sp³-hybridized carbons (Fsp3) is 0.250. The molecule has 28 heavy (non-hydrogen) atoms. The van der Waals surface area contributed by atoms with Gasteiger partial charge in [-0.05, 0) is 0 Å². The van der Waals surface area contributed by atoms with Crippen molar-refractivity contribution in [3.05, 3.63) is 72.8 Å². The summed E-state index contributed by atoms with van der Waals surface area (Å²) in [6, 6.07) is 26.8. The van der Waals surface area contributed by atoms with Gasteiger partial charge in [0.25, 0.3) is 0 Å². The van der Waals surface area contributed by atoms with Gasteiger partial charge in [-0.25, -0.2) is 0 Å². The molecule has 0 atom stereocenters. The summed E-state index contributed by atoms with van der Waals surface area (Å²) in [4.78, 5) is 6.76. The van der Waals surface area contributed by atoms with Crippen LogP contribution in [-0.2, 0) is 0 Å². The maximum absolute atomic E-state index is 2.34. The Morgan fingerprint density at radius 2 is 0.679 bits per heavy atom. The predicted octanol–water partition coefficient (Wildman–Crippen LogP) is 2.40. The molecule has 146 valence electrons. The first-order valence-electron chi connectivity index (χ1n) is 9.51. The third-order valence-corrected chi connectivity index (χ3v) is 12.2. The number of hydrogen-bond donors (Lipinski definition) is 0. The first kappa shape index (κ1) is 20.6. The molecule has 0 aromatic heterocycles. The van der Waals surface area contributed by atoms with E-state index in [4.69, 9.17) is 0 Å². The van der Waals surface area contributed by atoms with Crippen LogP contribution < -0.4 is 25.2 Å². The molecule has 0 aliphatic carbocycles. The van der Waals surface area contributed by atoms with Gasteiger partial charge >= 0.3 is 178 Å². The molecule has 0 amide bonds. The maximum atomic E-state index is 2.34. The van der Waals surface area contributed by atoms with E-state index in [0.29, 0.717) is 0 Å². The van der Waals surface area contributed by atoms with Crippen molar-refractivity contribution >= 4 is 47.8 Å². The summed E-state index contributed by atoms with van der Waals surface area (Å²) in [7, 11) is 12.9. The molecule has 0 spiro atoms. The van der Waals surface area contributed by atoms with Crippen LogP contribution in [0.25, 0.3) is 0 Å². The number of nitrogens with zero attached hydrogens (tertiary/aromatic N) is 3. The van der Waals surface area contributed by atoms with Gasteiger partial charge < -0.3 is 0 Å². The summed E-state index contributed by atoms with van der Waals surface area (Å²) in [6.45, 7) is 0. The molecule has 0 bridgehead atoms. The number of hydrogen-bond acceptors (Lipinski definition) is 3.